The van der Waals surface area contributed by atoms with Crippen LogP contribution in [0.1, 0.15) is 12.8 Å². The summed E-state index contributed by atoms with van der Waals surface area (Å²) in [5.41, 5.74) is 0. The zero-order chi connectivity index (χ0) is 7.11. The van der Waals surface area contributed by atoms with Crippen molar-refractivity contribution in [3.05, 3.63) is 0 Å². The third kappa shape index (κ3) is 5.46. The number of aldehydes is 1. The van der Waals surface area contributed by atoms with Crippen molar-refractivity contribution < 1.29 is 14.6 Å². The number of carbonyl (C=O) groups is 1. The molecular formula is C6H12O3. The Hall–Kier alpha value is -0.410. The number of hydrogen-bond donors (Lipinski definition) is 1. The first kappa shape index (κ1) is 8.59. The van der Waals surface area contributed by atoms with E-state index in [-0.39, 0.29) is 0 Å². The van der Waals surface area contributed by atoms with Crippen LogP contribution in [-0.2, 0) is 9.53 Å². The second-order valence-corrected chi connectivity index (χ2v) is 1.84. The number of methoxy groups -OCH3 is 1. The van der Waals surface area contributed by atoms with Gasteiger partial charge in [-0.15, -0.1) is 0 Å². The highest BCUT2D eigenvalue weighted by Crippen LogP contribution is 1.92. The standard InChI is InChI=1S/C6H12O3/c1-9-4-2-3-6(8)5-7/h5-6,8H,2-4H2,1H3. The van der Waals surface area contributed by atoms with Crippen LogP contribution >= 0.6 is 0 Å². The minimum absolute atomic E-state index is 0.497. The molecule has 0 fully saturated rings. The van der Waals surface area contributed by atoms with Crippen LogP contribution in [0.5, 0.6) is 0 Å². The van der Waals surface area contributed by atoms with E-state index in [4.69, 9.17) is 9.84 Å². The quantitative estimate of drug-likeness (QED) is 0.422. The number of carbonyl (C=O) groups excluding carboxylic acids is 1. The molecule has 0 aromatic heterocycles. The molecule has 0 aliphatic carbocycles. The van der Waals surface area contributed by atoms with E-state index >= 15 is 0 Å². The van der Waals surface area contributed by atoms with Crippen molar-refractivity contribution in [3.8, 4) is 0 Å². The molecule has 0 amide bonds. The van der Waals surface area contributed by atoms with Gasteiger partial charge >= 0.3 is 0 Å². The number of ether oxygens (including phenoxy) is 1. The lowest BCUT2D eigenvalue weighted by atomic mass is 10.2. The molecule has 1 unspecified atom stereocenters. The third-order valence-corrected chi connectivity index (χ3v) is 1.01. The Labute approximate surface area is 54.6 Å². The van der Waals surface area contributed by atoms with Gasteiger partial charge in [0.2, 0.25) is 0 Å². The highest BCUT2D eigenvalue weighted by molar-refractivity contribution is 5.55. The van der Waals surface area contributed by atoms with Crippen LogP contribution in [0.15, 0.2) is 0 Å². The van der Waals surface area contributed by atoms with Crippen molar-refractivity contribution in [2.24, 2.45) is 0 Å². The smallest absolute Gasteiger partial charge is 0.148 e. The number of hydrogen-bond acceptors (Lipinski definition) is 3. The first-order chi connectivity index (χ1) is 4.31. The predicted octanol–water partition coefficient (Wildman–Crippen LogP) is -0.0272. The summed E-state index contributed by atoms with van der Waals surface area (Å²) >= 11 is 0. The van der Waals surface area contributed by atoms with Gasteiger partial charge in [0.25, 0.3) is 0 Å². The molecular weight excluding hydrogens is 120 g/mol. The van der Waals surface area contributed by atoms with E-state index in [0.29, 0.717) is 19.3 Å². The molecule has 0 aromatic carbocycles. The Morgan fingerprint density at radius 2 is 2.44 bits per heavy atom. The van der Waals surface area contributed by atoms with Crippen molar-refractivity contribution in [3.63, 3.8) is 0 Å². The monoisotopic (exact) mass is 132 g/mol. The van der Waals surface area contributed by atoms with Gasteiger partial charge in [0.05, 0.1) is 0 Å². The summed E-state index contributed by atoms with van der Waals surface area (Å²) in [6.07, 6.45) is 0.962. The topological polar surface area (TPSA) is 46.5 Å². The molecule has 0 bridgehead atoms. The maximum Gasteiger partial charge on any atom is 0.148 e. The fraction of sp³-hybridized carbons (Fsp3) is 0.833. The molecule has 3 heteroatoms. The average molecular weight is 132 g/mol. The first-order valence-corrected chi connectivity index (χ1v) is 2.93. The fourth-order valence-corrected chi connectivity index (χ4v) is 0.505. The van der Waals surface area contributed by atoms with Crippen LogP contribution in [0.3, 0.4) is 0 Å². The van der Waals surface area contributed by atoms with Gasteiger partial charge < -0.3 is 14.6 Å². The van der Waals surface area contributed by atoms with Crippen LogP contribution in [0.2, 0.25) is 0 Å². The van der Waals surface area contributed by atoms with E-state index < -0.39 is 6.10 Å². The summed E-state index contributed by atoms with van der Waals surface area (Å²) in [6.45, 7) is 0.602. The SMILES string of the molecule is COCCCC(O)C=O. The summed E-state index contributed by atoms with van der Waals surface area (Å²) in [5.74, 6) is 0. The first-order valence-electron chi connectivity index (χ1n) is 2.93. The highest BCUT2D eigenvalue weighted by atomic mass is 16.5. The summed E-state index contributed by atoms with van der Waals surface area (Å²) < 4.78 is 4.71. The maximum atomic E-state index is 9.81. The molecule has 3 nitrogen and oxygen atoms in total. The lowest BCUT2D eigenvalue weighted by molar-refractivity contribution is -0.115. The molecule has 0 saturated carbocycles. The molecule has 0 aliphatic rings. The lowest BCUT2D eigenvalue weighted by Crippen LogP contribution is -2.08. The Balaban J connectivity index is 2.96. The van der Waals surface area contributed by atoms with Gasteiger partial charge in [-0.05, 0) is 12.8 Å². The van der Waals surface area contributed by atoms with Crippen LogP contribution in [0, 0.1) is 0 Å². The van der Waals surface area contributed by atoms with Crippen LogP contribution in [0.25, 0.3) is 0 Å². The molecule has 0 aliphatic heterocycles. The minimum atomic E-state index is -0.805. The van der Waals surface area contributed by atoms with E-state index in [2.05, 4.69) is 0 Å². The Morgan fingerprint density at radius 3 is 2.89 bits per heavy atom. The van der Waals surface area contributed by atoms with Gasteiger partial charge in [-0.25, -0.2) is 0 Å². The van der Waals surface area contributed by atoms with Crippen LogP contribution in [-0.4, -0.2) is 31.2 Å². The molecule has 1 N–H and O–H groups in total. The van der Waals surface area contributed by atoms with E-state index in [0.717, 1.165) is 6.42 Å². The predicted molar refractivity (Wildman–Crippen MR) is 33.2 cm³/mol. The van der Waals surface area contributed by atoms with Crippen LogP contribution < -0.4 is 0 Å². The van der Waals surface area contributed by atoms with E-state index in [1.165, 1.54) is 0 Å². The fourth-order valence-electron chi connectivity index (χ4n) is 0.505. The van der Waals surface area contributed by atoms with E-state index in [1.54, 1.807) is 7.11 Å². The van der Waals surface area contributed by atoms with Crippen molar-refractivity contribution in [1.29, 1.82) is 0 Å². The van der Waals surface area contributed by atoms with Crippen molar-refractivity contribution in [1.82, 2.24) is 0 Å². The Kier molecular flexibility index (Phi) is 5.46. The molecule has 54 valence electrons. The second-order valence-electron chi connectivity index (χ2n) is 1.84. The average Bonchev–Trinajstić information content (AvgIpc) is 1.89. The largest absolute Gasteiger partial charge is 0.386 e. The Morgan fingerprint density at radius 1 is 1.78 bits per heavy atom. The van der Waals surface area contributed by atoms with Gasteiger partial charge in [0.1, 0.15) is 12.4 Å². The van der Waals surface area contributed by atoms with E-state index in [9.17, 15) is 4.79 Å². The number of aliphatic hydroxyl groups is 1. The number of aliphatic hydroxyl groups excluding tert-OH is 1. The zero-order valence-corrected chi connectivity index (χ0v) is 5.54. The molecule has 0 radical (unpaired) electrons. The van der Waals surface area contributed by atoms with Gasteiger partial charge in [-0.3, -0.25) is 0 Å². The normalized spacial score (nSPS) is 13.1. The molecule has 0 aromatic rings. The molecule has 0 saturated heterocycles. The number of rotatable bonds is 5. The Bertz CT molecular complexity index is 72.7. The molecule has 1 atom stereocenters. The summed E-state index contributed by atoms with van der Waals surface area (Å²) in [6, 6.07) is 0. The van der Waals surface area contributed by atoms with Crippen molar-refractivity contribution in [2.45, 2.75) is 18.9 Å². The van der Waals surface area contributed by atoms with Crippen molar-refractivity contribution in [2.75, 3.05) is 13.7 Å². The molecule has 0 rings (SSSR count). The van der Waals surface area contributed by atoms with Gasteiger partial charge in [0.15, 0.2) is 0 Å². The zero-order valence-electron chi connectivity index (χ0n) is 5.54. The summed E-state index contributed by atoms with van der Waals surface area (Å²) in [4.78, 5) is 9.81. The third-order valence-electron chi connectivity index (χ3n) is 1.01. The summed E-state index contributed by atoms with van der Waals surface area (Å²) in [5, 5.41) is 8.66. The van der Waals surface area contributed by atoms with Gasteiger partial charge in [-0.1, -0.05) is 0 Å². The maximum absolute atomic E-state index is 9.81. The van der Waals surface area contributed by atoms with Gasteiger partial charge in [-0.2, -0.15) is 0 Å². The molecule has 9 heavy (non-hydrogen) atoms. The highest BCUT2D eigenvalue weighted by Gasteiger charge is 1.98. The van der Waals surface area contributed by atoms with Crippen LogP contribution in [0.4, 0.5) is 0 Å². The summed E-state index contributed by atoms with van der Waals surface area (Å²) in [7, 11) is 1.59. The lowest BCUT2D eigenvalue weighted by Gasteiger charge is -1.99. The molecule has 0 heterocycles. The van der Waals surface area contributed by atoms with Gasteiger partial charge in [0, 0.05) is 13.7 Å². The van der Waals surface area contributed by atoms with E-state index in [1.807, 2.05) is 0 Å². The minimum Gasteiger partial charge on any atom is -0.386 e. The second kappa shape index (κ2) is 5.72. The van der Waals surface area contributed by atoms with Crippen molar-refractivity contribution >= 4 is 6.29 Å². The molecule has 0 spiro atoms.